The fourth-order valence-electron chi connectivity index (χ4n) is 2.44. The van der Waals surface area contributed by atoms with Gasteiger partial charge in [0.2, 0.25) is 0 Å². The smallest absolute Gasteiger partial charge is 0.314 e. The van der Waals surface area contributed by atoms with Gasteiger partial charge in [-0.1, -0.05) is 13.8 Å². The molecule has 2 atom stereocenters. The highest BCUT2D eigenvalue weighted by Gasteiger charge is 2.15. The van der Waals surface area contributed by atoms with E-state index < -0.39 is 5.97 Å². The van der Waals surface area contributed by atoms with E-state index in [4.69, 9.17) is 5.11 Å². The molecule has 0 aromatic heterocycles. The molecule has 1 aliphatic rings. The molecule has 0 radical (unpaired) electrons. The van der Waals surface area contributed by atoms with Crippen LogP contribution in [0.2, 0.25) is 0 Å². The Kier molecular flexibility index (Phi) is 7.36. The fourth-order valence-corrected chi connectivity index (χ4v) is 2.44. The molecule has 0 aliphatic carbocycles. The van der Waals surface area contributed by atoms with E-state index >= 15 is 0 Å². The van der Waals surface area contributed by atoms with Crippen LogP contribution in [0.1, 0.15) is 33.1 Å². The van der Waals surface area contributed by atoms with Crippen molar-refractivity contribution < 1.29 is 14.7 Å². The molecule has 1 aliphatic heterocycles. The molecular weight excluding hydrogens is 258 g/mol. The summed E-state index contributed by atoms with van der Waals surface area (Å²) in [6.07, 6.45) is 2.63. The molecule has 0 saturated carbocycles. The number of aliphatic carboxylic acids is 1. The number of carboxylic acids is 1. The third kappa shape index (κ3) is 7.33. The molecule has 1 heterocycles. The molecule has 3 N–H and O–H groups in total. The lowest BCUT2D eigenvalue weighted by atomic mass is 10.1. The van der Waals surface area contributed by atoms with E-state index in [2.05, 4.69) is 22.5 Å². The van der Waals surface area contributed by atoms with Gasteiger partial charge in [0.1, 0.15) is 0 Å². The van der Waals surface area contributed by atoms with Crippen molar-refractivity contribution in [3.63, 3.8) is 0 Å². The highest BCUT2D eigenvalue weighted by Crippen LogP contribution is 2.09. The number of urea groups is 1. The Bertz CT molecular complexity index is 317. The topological polar surface area (TPSA) is 81.7 Å². The Morgan fingerprint density at radius 1 is 1.10 bits per heavy atom. The Hall–Kier alpha value is -1.30. The van der Waals surface area contributed by atoms with Crippen LogP contribution in [0.4, 0.5) is 4.79 Å². The average Bonchev–Trinajstić information content (AvgIpc) is 2.86. The van der Waals surface area contributed by atoms with E-state index in [0.29, 0.717) is 19.0 Å². The molecule has 0 aromatic rings. The summed E-state index contributed by atoms with van der Waals surface area (Å²) in [6, 6.07) is -0.212. The van der Waals surface area contributed by atoms with Crippen LogP contribution in [-0.4, -0.2) is 54.7 Å². The van der Waals surface area contributed by atoms with E-state index in [9.17, 15) is 9.59 Å². The normalized spacial score (nSPS) is 18.5. The Morgan fingerprint density at radius 3 is 2.20 bits per heavy atom. The number of rotatable bonds is 8. The second-order valence-corrected chi connectivity index (χ2v) is 5.91. The van der Waals surface area contributed by atoms with Crippen molar-refractivity contribution in [2.45, 2.75) is 33.1 Å². The predicted octanol–water partition coefficient (Wildman–Crippen LogP) is 1.13. The monoisotopic (exact) mass is 285 g/mol. The maximum absolute atomic E-state index is 11.6. The Balaban J connectivity index is 2.07. The third-order valence-electron chi connectivity index (χ3n) is 3.51. The van der Waals surface area contributed by atoms with Gasteiger partial charge in [0.25, 0.3) is 0 Å². The summed E-state index contributed by atoms with van der Waals surface area (Å²) in [5.74, 6) is -0.463. The number of carbonyl (C=O) groups is 2. The van der Waals surface area contributed by atoms with Gasteiger partial charge in [0.15, 0.2) is 0 Å². The maximum Gasteiger partial charge on any atom is 0.314 e. The van der Waals surface area contributed by atoms with Gasteiger partial charge in [-0.2, -0.15) is 0 Å². The molecular formula is C14H27N3O3. The van der Waals surface area contributed by atoms with Crippen molar-refractivity contribution >= 4 is 12.0 Å². The summed E-state index contributed by atoms with van der Waals surface area (Å²) >= 11 is 0. The lowest BCUT2D eigenvalue weighted by molar-refractivity contribution is -0.137. The third-order valence-corrected chi connectivity index (χ3v) is 3.51. The number of hydrogen-bond donors (Lipinski definition) is 3. The van der Waals surface area contributed by atoms with Crippen molar-refractivity contribution in [1.29, 1.82) is 0 Å². The molecule has 116 valence electrons. The SMILES string of the molecule is CC(CNC(=O)NCC(C)CN1CCCC1)CC(=O)O. The summed E-state index contributed by atoms with van der Waals surface area (Å²) < 4.78 is 0. The lowest BCUT2D eigenvalue weighted by Gasteiger charge is -2.20. The summed E-state index contributed by atoms with van der Waals surface area (Å²) in [6.45, 7) is 8.34. The first-order valence-corrected chi connectivity index (χ1v) is 7.43. The molecule has 6 nitrogen and oxygen atoms in total. The zero-order chi connectivity index (χ0) is 15.0. The molecule has 6 heteroatoms. The van der Waals surface area contributed by atoms with Gasteiger partial charge in [0, 0.05) is 26.1 Å². The fraction of sp³-hybridized carbons (Fsp3) is 0.857. The van der Waals surface area contributed by atoms with E-state index in [1.165, 1.54) is 25.9 Å². The molecule has 1 saturated heterocycles. The maximum atomic E-state index is 11.6. The molecule has 2 amide bonds. The van der Waals surface area contributed by atoms with Crippen LogP contribution < -0.4 is 10.6 Å². The number of nitrogens with zero attached hydrogens (tertiary/aromatic N) is 1. The van der Waals surface area contributed by atoms with Crippen LogP contribution in [0.15, 0.2) is 0 Å². The van der Waals surface area contributed by atoms with Crippen molar-refractivity contribution in [1.82, 2.24) is 15.5 Å². The standard InChI is InChI=1S/C14H27N3O3/c1-11(7-13(18)19)8-15-14(20)16-9-12(2)10-17-5-3-4-6-17/h11-12H,3-10H2,1-2H3,(H,18,19)(H2,15,16,20). The largest absolute Gasteiger partial charge is 0.481 e. The molecule has 0 aromatic carbocycles. The van der Waals surface area contributed by atoms with Crippen LogP contribution in [0.3, 0.4) is 0 Å². The van der Waals surface area contributed by atoms with Crippen molar-refractivity contribution in [2.75, 3.05) is 32.7 Å². The Labute approximate surface area is 120 Å². The highest BCUT2D eigenvalue weighted by atomic mass is 16.4. The summed E-state index contributed by atoms with van der Waals surface area (Å²) in [5.41, 5.74) is 0. The van der Waals surface area contributed by atoms with Gasteiger partial charge in [0.05, 0.1) is 0 Å². The quantitative estimate of drug-likeness (QED) is 0.624. The van der Waals surface area contributed by atoms with Crippen molar-refractivity contribution in [3.05, 3.63) is 0 Å². The van der Waals surface area contributed by atoms with Crippen LogP contribution in [0, 0.1) is 11.8 Å². The first kappa shape index (κ1) is 16.8. The van der Waals surface area contributed by atoms with Crippen LogP contribution >= 0.6 is 0 Å². The molecule has 2 unspecified atom stereocenters. The van der Waals surface area contributed by atoms with Crippen LogP contribution in [0.25, 0.3) is 0 Å². The number of hydrogen-bond acceptors (Lipinski definition) is 3. The van der Waals surface area contributed by atoms with Crippen LogP contribution in [-0.2, 0) is 4.79 Å². The zero-order valence-corrected chi connectivity index (χ0v) is 12.5. The molecule has 20 heavy (non-hydrogen) atoms. The van der Waals surface area contributed by atoms with Gasteiger partial charge in [-0.3, -0.25) is 4.79 Å². The van der Waals surface area contributed by atoms with Crippen molar-refractivity contribution in [3.8, 4) is 0 Å². The minimum absolute atomic E-state index is 0.0553. The molecule has 1 fully saturated rings. The number of carboxylic acid groups (broad SMARTS) is 1. The summed E-state index contributed by atoms with van der Waals surface area (Å²) in [5, 5.41) is 14.2. The molecule has 0 bridgehead atoms. The number of nitrogens with one attached hydrogen (secondary N) is 2. The lowest BCUT2D eigenvalue weighted by Crippen LogP contribution is -2.41. The van der Waals surface area contributed by atoms with Gasteiger partial charge < -0.3 is 20.6 Å². The van der Waals surface area contributed by atoms with Gasteiger partial charge in [-0.25, -0.2) is 4.79 Å². The average molecular weight is 285 g/mol. The first-order chi connectivity index (χ1) is 9.47. The van der Waals surface area contributed by atoms with Crippen LogP contribution in [0.5, 0.6) is 0 Å². The number of likely N-dealkylation sites (tertiary alicyclic amines) is 1. The summed E-state index contributed by atoms with van der Waals surface area (Å²) in [7, 11) is 0. The minimum Gasteiger partial charge on any atom is -0.481 e. The number of carbonyl (C=O) groups excluding carboxylic acids is 1. The van der Waals surface area contributed by atoms with Gasteiger partial charge >= 0.3 is 12.0 Å². The minimum atomic E-state index is -0.834. The van der Waals surface area contributed by atoms with Gasteiger partial charge in [-0.05, 0) is 37.8 Å². The zero-order valence-electron chi connectivity index (χ0n) is 12.5. The summed E-state index contributed by atoms with van der Waals surface area (Å²) in [4.78, 5) is 24.5. The van der Waals surface area contributed by atoms with Crippen molar-refractivity contribution in [2.24, 2.45) is 11.8 Å². The van der Waals surface area contributed by atoms with E-state index in [1.807, 2.05) is 6.92 Å². The first-order valence-electron chi connectivity index (χ1n) is 7.43. The van der Waals surface area contributed by atoms with E-state index in [-0.39, 0.29) is 18.4 Å². The second kappa shape index (κ2) is 8.79. The van der Waals surface area contributed by atoms with E-state index in [1.54, 1.807) is 0 Å². The second-order valence-electron chi connectivity index (χ2n) is 5.91. The molecule has 1 rings (SSSR count). The Morgan fingerprint density at radius 2 is 1.65 bits per heavy atom. The predicted molar refractivity (Wildman–Crippen MR) is 77.7 cm³/mol. The number of amides is 2. The van der Waals surface area contributed by atoms with Gasteiger partial charge in [-0.15, -0.1) is 0 Å². The highest BCUT2D eigenvalue weighted by molar-refractivity contribution is 5.74. The van der Waals surface area contributed by atoms with E-state index in [0.717, 1.165) is 6.54 Å². The molecule has 0 spiro atoms.